The number of likely N-dealkylation sites (N-methyl/N-ethyl adjacent to an activating group) is 1. The van der Waals surface area contributed by atoms with Gasteiger partial charge in [-0.2, -0.15) is 5.10 Å². The number of piperazine rings is 1. The molecular formula is C17H18N6O. The molecule has 1 aliphatic rings. The number of hydrogen-bond acceptors (Lipinski definition) is 6. The van der Waals surface area contributed by atoms with Crippen molar-refractivity contribution in [2.24, 2.45) is 0 Å². The summed E-state index contributed by atoms with van der Waals surface area (Å²) in [6.07, 6.45) is 4.22. The maximum absolute atomic E-state index is 10.9. The average Bonchev–Trinajstić information content (AvgIpc) is 3.05. The number of aldehydes is 1. The maximum Gasteiger partial charge on any atom is 0.150 e. The lowest BCUT2D eigenvalue weighted by Gasteiger charge is -2.33. The summed E-state index contributed by atoms with van der Waals surface area (Å²) in [5, 5.41) is 8.42. The Bertz CT molecular complexity index is 882. The molecule has 0 atom stereocenters. The van der Waals surface area contributed by atoms with Gasteiger partial charge in [-0.3, -0.25) is 9.89 Å². The van der Waals surface area contributed by atoms with Gasteiger partial charge in [0.2, 0.25) is 0 Å². The Morgan fingerprint density at radius 3 is 2.83 bits per heavy atom. The molecule has 3 heterocycles. The smallest absolute Gasteiger partial charge is 0.150 e. The van der Waals surface area contributed by atoms with Gasteiger partial charge >= 0.3 is 0 Å². The fourth-order valence-electron chi connectivity index (χ4n) is 3.08. The molecule has 122 valence electrons. The summed E-state index contributed by atoms with van der Waals surface area (Å²) in [6, 6.07) is 5.52. The molecule has 1 fully saturated rings. The predicted octanol–water partition coefficient (Wildman–Crippen LogP) is 1.58. The van der Waals surface area contributed by atoms with E-state index in [2.05, 4.69) is 37.0 Å². The number of hydrogen-bond donors (Lipinski definition) is 1. The number of carbonyl (C=O) groups excluding carboxylic acids is 1. The van der Waals surface area contributed by atoms with Crippen LogP contribution in [0.3, 0.4) is 0 Å². The van der Waals surface area contributed by atoms with Crippen LogP contribution in [0.5, 0.6) is 0 Å². The number of carbonyl (C=O) groups is 1. The van der Waals surface area contributed by atoms with Crippen molar-refractivity contribution in [1.82, 2.24) is 25.1 Å². The molecule has 0 aliphatic carbocycles. The summed E-state index contributed by atoms with van der Waals surface area (Å²) in [5.74, 6) is 0.908. The normalized spacial score (nSPS) is 15.8. The highest BCUT2D eigenvalue weighted by atomic mass is 16.1. The van der Waals surface area contributed by atoms with Gasteiger partial charge in [0.15, 0.2) is 0 Å². The lowest BCUT2D eigenvalue weighted by molar-refractivity contribution is 0.112. The zero-order valence-corrected chi connectivity index (χ0v) is 13.4. The number of benzene rings is 1. The van der Waals surface area contributed by atoms with Gasteiger partial charge in [-0.25, -0.2) is 9.97 Å². The van der Waals surface area contributed by atoms with Crippen molar-refractivity contribution in [3.63, 3.8) is 0 Å². The molecule has 1 aromatic carbocycles. The topological polar surface area (TPSA) is 78.0 Å². The van der Waals surface area contributed by atoms with Crippen molar-refractivity contribution in [1.29, 1.82) is 0 Å². The molecule has 2 aromatic heterocycles. The Balaban J connectivity index is 1.78. The van der Waals surface area contributed by atoms with Gasteiger partial charge in [0, 0.05) is 43.3 Å². The highest BCUT2D eigenvalue weighted by Crippen LogP contribution is 2.32. The summed E-state index contributed by atoms with van der Waals surface area (Å²) in [4.78, 5) is 24.2. The number of rotatable bonds is 3. The number of fused-ring (bicyclic) bond motifs is 1. The first-order valence-corrected chi connectivity index (χ1v) is 7.93. The van der Waals surface area contributed by atoms with Crippen molar-refractivity contribution >= 4 is 23.0 Å². The molecule has 1 aliphatic heterocycles. The molecule has 0 amide bonds. The average molecular weight is 322 g/mol. The number of aromatic nitrogens is 4. The second kappa shape index (κ2) is 6.01. The van der Waals surface area contributed by atoms with Crippen LogP contribution >= 0.6 is 0 Å². The summed E-state index contributed by atoms with van der Waals surface area (Å²) in [6.45, 7) is 3.87. The number of anilines is 1. The third-order valence-electron chi connectivity index (χ3n) is 4.47. The molecule has 0 saturated carbocycles. The molecule has 4 rings (SSSR count). The van der Waals surface area contributed by atoms with E-state index in [0.717, 1.165) is 60.4 Å². The van der Waals surface area contributed by atoms with Crippen molar-refractivity contribution in [2.45, 2.75) is 0 Å². The third-order valence-corrected chi connectivity index (χ3v) is 4.47. The van der Waals surface area contributed by atoms with Crippen molar-refractivity contribution in [3.8, 4) is 11.3 Å². The largest absolute Gasteiger partial charge is 0.353 e. The van der Waals surface area contributed by atoms with Gasteiger partial charge in [-0.1, -0.05) is 6.07 Å². The number of aromatic amines is 1. The predicted molar refractivity (Wildman–Crippen MR) is 92.2 cm³/mol. The lowest BCUT2D eigenvalue weighted by Crippen LogP contribution is -2.45. The second-order valence-corrected chi connectivity index (χ2v) is 6.05. The minimum atomic E-state index is 0.626. The van der Waals surface area contributed by atoms with Gasteiger partial charge in [0.1, 0.15) is 24.1 Å². The molecule has 0 unspecified atom stereocenters. The van der Waals surface area contributed by atoms with Gasteiger partial charge in [0.05, 0.1) is 11.1 Å². The summed E-state index contributed by atoms with van der Waals surface area (Å²) in [7, 11) is 2.13. The number of nitrogens with one attached hydrogen (secondary N) is 1. The molecule has 24 heavy (non-hydrogen) atoms. The minimum absolute atomic E-state index is 0.626. The first kappa shape index (κ1) is 14.8. The van der Waals surface area contributed by atoms with Crippen LogP contribution < -0.4 is 4.90 Å². The molecule has 1 N–H and O–H groups in total. The Hall–Kier alpha value is -2.80. The third kappa shape index (κ3) is 2.52. The Kier molecular flexibility index (Phi) is 3.70. The highest BCUT2D eigenvalue weighted by molar-refractivity contribution is 5.97. The lowest BCUT2D eigenvalue weighted by atomic mass is 10.1. The SMILES string of the molecule is CN1CCN(c2ncncc2-c2n[nH]c3cc(C=O)ccc23)CC1. The van der Waals surface area contributed by atoms with Gasteiger partial charge in [0.25, 0.3) is 0 Å². The van der Waals surface area contributed by atoms with Crippen LogP contribution in [0.15, 0.2) is 30.7 Å². The van der Waals surface area contributed by atoms with Gasteiger partial charge in [-0.05, 0) is 19.2 Å². The maximum atomic E-state index is 10.9. The number of nitrogens with zero attached hydrogens (tertiary/aromatic N) is 5. The summed E-state index contributed by atoms with van der Waals surface area (Å²) < 4.78 is 0. The Morgan fingerprint density at radius 1 is 1.21 bits per heavy atom. The van der Waals surface area contributed by atoms with Crippen molar-refractivity contribution in [3.05, 3.63) is 36.3 Å². The first-order chi connectivity index (χ1) is 11.8. The molecule has 0 spiro atoms. The summed E-state index contributed by atoms with van der Waals surface area (Å²) >= 11 is 0. The molecule has 7 nitrogen and oxygen atoms in total. The van der Waals surface area contributed by atoms with Gasteiger partial charge in [-0.15, -0.1) is 0 Å². The van der Waals surface area contributed by atoms with E-state index in [4.69, 9.17) is 0 Å². The van der Waals surface area contributed by atoms with E-state index in [1.165, 1.54) is 0 Å². The molecule has 0 radical (unpaired) electrons. The first-order valence-electron chi connectivity index (χ1n) is 7.93. The standard InChI is InChI=1S/C17H18N6O/c1-22-4-6-23(7-5-22)17-14(9-18-11-19-17)16-13-3-2-12(10-24)8-15(13)20-21-16/h2-3,8-11H,4-7H2,1H3,(H,20,21). The summed E-state index contributed by atoms with van der Waals surface area (Å²) in [5.41, 5.74) is 3.19. The fraction of sp³-hybridized carbons (Fsp3) is 0.294. The van der Waals surface area contributed by atoms with Crippen molar-refractivity contribution < 1.29 is 4.79 Å². The van der Waals surface area contributed by atoms with Crippen LogP contribution in [-0.4, -0.2) is 64.6 Å². The molecule has 1 saturated heterocycles. The highest BCUT2D eigenvalue weighted by Gasteiger charge is 2.21. The van der Waals surface area contributed by atoms with Crippen LogP contribution in [0.1, 0.15) is 10.4 Å². The quantitative estimate of drug-likeness (QED) is 0.738. The Labute approximate surface area is 139 Å². The van der Waals surface area contributed by atoms with E-state index in [1.807, 2.05) is 12.3 Å². The minimum Gasteiger partial charge on any atom is -0.353 e. The van der Waals surface area contributed by atoms with E-state index < -0.39 is 0 Å². The molecule has 0 bridgehead atoms. The van der Waals surface area contributed by atoms with E-state index in [9.17, 15) is 4.79 Å². The van der Waals surface area contributed by atoms with Crippen LogP contribution in [0, 0.1) is 0 Å². The molecule has 7 heteroatoms. The second-order valence-electron chi connectivity index (χ2n) is 6.05. The zero-order chi connectivity index (χ0) is 16.5. The van der Waals surface area contributed by atoms with Crippen LogP contribution in [-0.2, 0) is 0 Å². The monoisotopic (exact) mass is 322 g/mol. The number of H-pyrrole nitrogens is 1. The Morgan fingerprint density at radius 2 is 2.04 bits per heavy atom. The fourth-order valence-corrected chi connectivity index (χ4v) is 3.08. The van der Waals surface area contributed by atoms with E-state index in [-0.39, 0.29) is 0 Å². The van der Waals surface area contributed by atoms with E-state index in [1.54, 1.807) is 18.5 Å². The molecular weight excluding hydrogens is 304 g/mol. The molecule has 3 aromatic rings. The van der Waals surface area contributed by atoms with Crippen LogP contribution in [0.2, 0.25) is 0 Å². The van der Waals surface area contributed by atoms with Crippen molar-refractivity contribution in [2.75, 3.05) is 38.1 Å². The zero-order valence-electron chi connectivity index (χ0n) is 13.4. The van der Waals surface area contributed by atoms with Crippen LogP contribution in [0.4, 0.5) is 5.82 Å². The van der Waals surface area contributed by atoms with Crippen LogP contribution in [0.25, 0.3) is 22.2 Å². The van der Waals surface area contributed by atoms with E-state index >= 15 is 0 Å². The van der Waals surface area contributed by atoms with Gasteiger partial charge < -0.3 is 9.80 Å². The van der Waals surface area contributed by atoms with E-state index in [0.29, 0.717) is 5.56 Å².